The molecule has 0 aliphatic carbocycles. The first kappa shape index (κ1) is 10.6. The van der Waals surface area contributed by atoms with Crippen molar-refractivity contribution in [2.24, 2.45) is 0 Å². The molecule has 1 atom stereocenters. The maximum Gasteiger partial charge on any atom is 0.271 e. The molecule has 1 unspecified atom stereocenters. The van der Waals surface area contributed by atoms with E-state index in [0.717, 1.165) is 5.39 Å². The topological polar surface area (TPSA) is 81.2 Å². The van der Waals surface area contributed by atoms with E-state index in [9.17, 15) is 15.2 Å². The van der Waals surface area contributed by atoms with Gasteiger partial charge in [-0.3, -0.25) is 14.8 Å². The molecule has 6 nitrogen and oxygen atoms in total. The molecule has 16 heavy (non-hydrogen) atoms. The maximum absolute atomic E-state index is 10.6. The number of aromatic nitrogens is 2. The largest absolute Gasteiger partial charge is 0.391 e. The lowest BCUT2D eigenvalue weighted by molar-refractivity contribution is -0.384. The lowest BCUT2D eigenvalue weighted by Crippen LogP contribution is -2.12. The first-order valence-electron chi connectivity index (χ1n) is 4.86. The number of benzene rings is 1. The van der Waals surface area contributed by atoms with Gasteiger partial charge >= 0.3 is 0 Å². The second kappa shape index (κ2) is 3.90. The summed E-state index contributed by atoms with van der Waals surface area (Å²) in [5.74, 6) is 0. The lowest BCUT2D eigenvalue weighted by Gasteiger charge is -2.05. The Morgan fingerprint density at radius 3 is 3.00 bits per heavy atom. The van der Waals surface area contributed by atoms with E-state index < -0.39 is 11.0 Å². The summed E-state index contributed by atoms with van der Waals surface area (Å²) in [5, 5.41) is 24.8. The third-order valence-corrected chi connectivity index (χ3v) is 2.28. The smallest absolute Gasteiger partial charge is 0.271 e. The SMILES string of the molecule is CC(O)Cn1ncc2ccc([N+](=O)[O-])cc21. The summed E-state index contributed by atoms with van der Waals surface area (Å²) in [6.45, 7) is 1.97. The molecule has 0 spiro atoms. The number of fused-ring (bicyclic) bond motifs is 1. The molecule has 0 saturated carbocycles. The van der Waals surface area contributed by atoms with Gasteiger partial charge in [0.25, 0.3) is 5.69 Å². The van der Waals surface area contributed by atoms with Gasteiger partial charge in [0.15, 0.2) is 0 Å². The molecule has 1 aromatic carbocycles. The van der Waals surface area contributed by atoms with Gasteiger partial charge in [0, 0.05) is 17.5 Å². The number of nitro benzene ring substituents is 1. The summed E-state index contributed by atoms with van der Waals surface area (Å²) in [6, 6.07) is 4.56. The van der Waals surface area contributed by atoms with Crippen LogP contribution >= 0.6 is 0 Å². The molecule has 0 saturated heterocycles. The van der Waals surface area contributed by atoms with Crippen molar-refractivity contribution in [3.8, 4) is 0 Å². The third kappa shape index (κ3) is 1.87. The predicted octanol–water partition coefficient (Wildman–Crippen LogP) is 1.33. The van der Waals surface area contributed by atoms with Gasteiger partial charge in [-0.2, -0.15) is 5.10 Å². The van der Waals surface area contributed by atoms with Crippen molar-refractivity contribution in [2.45, 2.75) is 19.6 Å². The van der Waals surface area contributed by atoms with Crippen LogP contribution in [0.5, 0.6) is 0 Å². The minimum Gasteiger partial charge on any atom is -0.391 e. The quantitative estimate of drug-likeness (QED) is 0.626. The molecular formula is C10H11N3O3. The van der Waals surface area contributed by atoms with Crippen molar-refractivity contribution in [2.75, 3.05) is 0 Å². The fourth-order valence-electron chi connectivity index (χ4n) is 1.57. The Kier molecular flexibility index (Phi) is 2.57. The first-order chi connectivity index (χ1) is 7.58. The van der Waals surface area contributed by atoms with E-state index in [-0.39, 0.29) is 5.69 Å². The van der Waals surface area contributed by atoms with Crippen LogP contribution in [0.4, 0.5) is 5.69 Å². The summed E-state index contributed by atoms with van der Waals surface area (Å²) in [4.78, 5) is 10.2. The van der Waals surface area contributed by atoms with E-state index in [1.165, 1.54) is 12.1 Å². The van der Waals surface area contributed by atoms with Crippen LogP contribution in [0.1, 0.15) is 6.92 Å². The second-order valence-electron chi connectivity index (χ2n) is 3.68. The highest BCUT2D eigenvalue weighted by molar-refractivity contribution is 5.80. The van der Waals surface area contributed by atoms with Gasteiger partial charge < -0.3 is 5.11 Å². The summed E-state index contributed by atoms with van der Waals surface area (Å²) in [5.41, 5.74) is 0.690. The zero-order valence-corrected chi connectivity index (χ0v) is 8.70. The molecule has 0 aliphatic rings. The van der Waals surface area contributed by atoms with Gasteiger partial charge in [-0.1, -0.05) is 0 Å². The van der Waals surface area contributed by atoms with Gasteiger partial charge in [-0.15, -0.1) is 0 Å². The Hall–Kier alpha value is -1.95. The predicted molar refractivity (Wildman–Crippen MR) is 58.1 cm³/mol. The van der Waals surface area contributed by atoms with E-state index in [1.807, 2.05) is 0 Å². The molecule has 1 aromatic heterocycles. The number of hydrogen-bond donors (Lipinski definition) is 1. The zero-order valence-electron chi connectivity index (χ0n) is 8.70. The Balaban J connectivity index is 2.51. The Bertz CT molecular complexity index is 533. The van der Waals surface area contributed by atoms with Crippen molar-refractivity contribution in [1.82, 2.24) is 9.78 Å². The van der Waals surface area contributed by atoms with Crippen LogP contribution in [0.25, 0.3) is 10.9 Å². The van der Waals surface area contributed by atoms with Crippen molar-refractivity contribution in [1.29, 1.82) is 0 Å². The van der Waals surface area contributed by atoms with E-state index >= 15 is 0 Å². The highest BCUT2D eigenvalue weighted by Crippen LogP contribution is 2.20. The fourth-order valence-corrected chi connectivity index (χ4v) is 1.57. The van der Waals surface area contributed by atoms with Crippen molar-refractivity contribution in [3.63, 3.8) is 0 Å². The number of rotatable bonds is 3. The van der Waals surface area contributed by atoms with Crippen LogP contribution in [0.3, 0.4) is 0 Å². The first-order valence-corrected chi connectivity index (χ1v) is 4.86. The average Bonchev–Trinajstić information content (AvgIpc) is 2.60. The van der Waals surface area contributed by atoms with Gasteiger partial charge in [-0.05, 0) is 13.0 Å². The standard InChI is InChI=1S/C10H11N3O3/c1-7(14)6-12-10-4-9(13(15)16)3-2-8(10)5-11-12/h2-5,7,14H,6H2,1H3. The van der Waals surface area contributed by atoms with E-state index in [4.69, 9.17) is 0 Å². The lowest BCUT2D eigenvalue weighted by atomic mass is 10.2. The van der Waals surface area contributed by atoms with Crippen molar-refractivity contribution < 1.29 is 10.0 Å². The summed E-state index contributed by atoms with van der Waals surface area (Å²) in [6.07, 6.45) is 1.09. The second-order valence-corrected chi connectivity index (χ2v) is 3.68. The van der Waals surface area contributed by atoms with Crippen molar-refractivity contribution >= 4 is 16.6 Å². The van der Waals surface area contributed by atoms with Crippen LogP contribution in [-0.2, 0) is 6.54 Å². The highest BCUT2D eigenvalue weighted by Gasteiger charge is 2.10. The number of hydrogen-bond acceptors (Lipinski definition) is 4. The van der Waals surface area contributed by atoms with E-state index in [0.29, 0.717) is 12.1 Å². The minimum atomic E-state index is -0.539. The van der Waals surface area contributed by atoms with Gasteiger partial charge in [0.05, 0.1) is 29.3 Å². The maximum atomic E-state index is 10.6. The van der Waals surface area contributed by atoms with Crippen molar-refractivity contribution in [3.05, 3.63) is 34.5 Å². The fraction of sp³-hybridized carbons (Fsp3) is 0.300. The van der Waals surface area contributed by atoms with Crippen LogP contribution in [0, 0.1) is 10.1 Å². The Morgan fingerprint density at radius 2 is 2.38 bits per heavy atom. The normalized spacial score (nSPS) is 12.9. The summed E-state index contributed by atoms with van der Waals surface area (Å²) in [7, 11) is 0. The molecule has 0 radical (unpaired) electrons. The number of aliphatic hydroxyl groups is 1. The molecule has 0 amide bonds. The summed E-state index contributed by atoms with van der Waals surface area (Å²) < 4.78 is 1.56. The molecular weight excluding hydrogens is 210 g/mol. The molecule has 0 bridgehead atoms. The molecule has 6 heteroatoms. The van der Waals surface area contributed by atoms with E-state index in [1.54, 1.807) is 23.9 Å². The molecule has 2 aromatic rings. The number of nitro groups is 1. The van der Waals surface area contributed by atoms with E-state index in [2.05, 4.69) is 5.10 Å². The molecule has 0 fully saturated rings. The van der Waals surface area contributed by atoms with Gasteiger partial charge in [0.1, 0.15) is 0 Å². The highest BCUT2D eigenvalue weighted by atomic mass is 16.6. The van der Waals surface area contributed by atoms with Gasteiger partial charge in [0.2, 0.25) is 0 Å². The average molecular weight is 221 g/mol. The molecule has 1 heterocycles. The van der Waals surface area contributed by atoms with Gasteiger partial charge in [-0.25, -0.2) is 0 Å². The molecule has 2 rings (SSSR count). The number of aliphatic hydroxyl groups excluding tert-OH is 1. The number of nitrogens with zero attached hydrogens (tertiary/aromatic N) is 3. The number of non-ortho nitro benzene ring substituents is 1. The van der Waals surface area contributed by atoms with Crippen LogP contribution < -0.4 is 0 Å². The third-order valence-electron chi connectivity index (χ3n) is 2.28. The molecule has 0 aliphatic heterocycles. The summed E-state index contributed by atoms with van der Waals surface area (Å²) >= 11 is 0. The Morgan fingerprint density at radius 1 is 1.62 bits per heavy atom. The minimum absolute atomic E-state index is 0.0276. The van der Waals surface area contributed by atoms with Crippen LogP contribution in [0.15, 0.2) is 24.4 Å². The molecule has 84 valence electrons. The molecule has 1 N–H and O–H groups in total. The van der Waals surface area contributed by atoms with Crippen LogP contribution in [0.2, 0.25) is 0 Å². The zero-order chi connectivity index (χ0) is 11.7. The monoisotopic (exact) mass is 221 g/mol. The Labute approximate surface area is 91.3 Å². The van der Waals surface area contributed by atoms with Crippen LogP contribution in [-0.4, -0.2) is 25.9 Å².